The number of nitrogens with zero attached hydrogens (tertiary/aromatic N) is 1. The largest absolute Gasteiger partial charge is 0.379 e. The van der Waals surface area contributed by atoms with Crippen LogP contribution in [0.4, 0.5) is 0 Å². The summed E-state index contributed by atoms with van der Waals surface area (Å²) in [5.74, 6) is 0.0487. The molecule has 0 aromatic rings. The van der Waals surface area contributed by atoms with Crippen molar-refractivity contribution in [1.29, 1.82) is 0 Å². The van der Waals surface area contributed by atoms with Gasteiger partial charge < -0.3 is 10.1 Å². The van der Waals surface area contributed by atoms with Gasteiger partial charge in [-0.3, -0.25) is 9.69 Å². The van der Waals surface area contributed by atoms with Crippen molar-refractivity contribution >= 4 is 5.91 Å². The average Bonchev–Trinajstić information content (AvgIpc) is 2.30. The number of ether oxygens (including phenoxy) is 1. The number of carbonyl (C=O) groups excluding carboxylic acids is 1. The zero-order chi connectivity index (χ0) is 12.7. The Morgan fingerprint density at radius 2 is 2.12 bits per heavy atom. The lowest BCUT2D eigenvalue weighted by atomic mass is 10.2. The number of nitrogens with one attached hydrogen (secondary N) is 1. The molecule has 1 saturated heterocycles. The van der Waals surface area contributed by atoms with Gasteiger partial charge in [-0.15, -0.1) is 0 Å². The Morgan fingerprint density at radius 3 is 2.71 bits per heavy atom. The molecule has 0 aliphatic carbocycles. The van der Waals surface area contributed by atoms with Crippen molar-refractivity contribution in [1.82, 2.24) is 10.2 Å². The average molecular weight is 240 g/mol. The van der Waals surface area contributed by atoms with Crippen LogP contribution in [0.1, 0.15) is 27.2 Å². The number of carbonyl (C=O) groups is 1. The highest BCUT2D eigenvalue weighted by Gasteiger charge is 2.15. The van der Waals surface area contributed by atoms with Crippen molar-refractivity contribution in [3.63, 3.8) is 0 Å². The summed E-state index contributed by atoms with van der Waals surface area (Å²) in [4.78, 5) is 14.1. The highest BCUT2D eigenvalue weighted by atomic mass is 16.5. The molecule has 98 valence electrons. The van der Waals surface area contributed by atoms with Gasteiger partial charge in [0, 0.05) is 31.2 Å². The number of morpholine rings is 1. The molecule has 0 saturated carbocycles. The number of allylic oxidation sites excluding steroid dienone is 1. The molecule has 0 bridgehead atoms. The maximum absolute atomic E-state index is 11.8. The maximum atomic E-state index is 11.8. The number of rotatable bonds is 5. The van der Waals surface area contributed by atoms with Crippen LogP contribution in [0.2, 0.25) is 0 Å². The molecule has 0 unspecified atom stereocenters. The van der Waals surface area contributed by atoms with Gasteiger partial charge in [0.05, 0.1) is 13.2 Å². The number of hydrogen-bond donors (Lipinski definition) is 1. The summed E-state index contributed by atoms with van der Waals surface area (Å²) < 4.78 is 5.29. The third kappa shape index (κ3) is 5.33. The number of amides is 1. The van der Waals surface area contributed by atoms with Crippen molar-refractivity contribution in [2.75, 3.05) is 32.8 Å². The van der Waals surface area contributed by atoms with Crippen molar-refractivity contribution < 1.29 is 9.53 Å². The Labute approximate surface area is 104 Å². The molecule has 17 heavy (non-hydrogen) atoms. The second-order valence-electron chi connectivity index (χ2n) is 4.58. The van der Waals surface area contributed by atoms with Crippen LogP contribution in [0.5, 0.6) is 0 Å². The van der Waals surface area contributed by atoms with E-state index in [9.17, 15) is 4.79 Å². The predicted molar refractivity (Wildman–Crippen MR) is 68.9 cm³/mol. The summed E-state index contributed by atoms with van der Waals surface area (Å²) in [7, 11) is 0. The predicted octanol–water partition coefficient (Wildman–Crippen LogP) is 1.18. The Bertz CT molecular complexity index is 271. The van der Waals surface area contributed by atoms with Crippen LogP contribution in [0.25, 0.3) is 0 Å². The van der Waals surface area contributed by atoms with Crippen LogP contribution >= 0.6 is 0 Å². The molecule has 4 heteroatoms. The molecule has 1 heterocycles. The molecule has 1 aliphatic rings. The molecule has 1 atom stereocenters. The van der Waals surface area contributed by atoms with E-state index in [1.807, 2.05) is 26.8 Å². The van der Waals surface area contributed by atoms with E-state index in [0.29, 0.717) is 0 Å². The molecule has 0 spiro atoms. The number of hydrogen-bond acceptors (Lipinski definition) is 3. The first kappa shape index (κ1) is 14.2. The zero-order valence-electron chi connectivity index (χ0n) is 11.2. The SMILES string of the molecule is CC/C=C(\C)C(=O)N[C@@H](C)CN1CCOCC1. The molecular formula is C13H24N2O2. The van der Waals surface area contributed by atoms with E-state index in [2.05, 4.69) is 10.2 Å². The van der Waals surface area contributed by atoms with Crippen LogP contribution in [0, 0.1) is 0 Å². The Hall–Kier alpha value is -0.870. The Kier molecular flexibility index (Phi) is 6.22. The summed E-state index contributed by atoms with van der Waals surface area (Å²) >= 11 is 0. The van der Waals surface area contributed by atoms with Gasteiger partial charge in [0.25, 0.3) is 0 Å². The first-order valence-corrected chi connectivity index (χ1v) is 6.41. The van der Waals surface area contributed by atoms with Gasteiger partial charge >= 0.3 is 0 Å². The normalized spacial score (nSPS) is 20.1. The summed E-state index contributed by atoms with van der Waals surface area (Å²) in [5, 5.41) is 3.02. The molecule has 0 aromatic carbocycles. The molecule has 0 radical (unpaired) electrons. The molecule has 1 amide bonds. The van der Waals surface area contributed by atoms with Crippen LogP contribution in [-0.4, -0.2) is 49.7 Å². The highest BCUT2D eigenvalue weighted by Crippen LogP contribution is 2.00. The van der Waals surface area contributed by atoms with Crippen molar-refractivity contribution in [3.05, 3.63) is 11.6 Å². The van der Waals surface area contributed by atoms with Crippen LogP contribution in [0.15, 0.2) is 11.6 Å². The van der Waals surface area contributed by atoms with E-state index >= 15 is 0 Å². The maximum Gasteiger partial charge on any atom is 0.246 e. The monoisotopic (exact) mass is 240 g/mol. The smallest absolute Gasteiger partial charge is 0.246 e. The standard InChI is InChI=1S/C13H24N2O2/c1-4-5-11(2)13(16)14-12(3)10-15-6-8-17-9-7-15/h5,12H,4,6-10H2,1-3H3,(H,14,16)/b11-5+/t12-/m0/s1. The third-order valence-corrected chi connectivity index (χ3v) is 2.88. The van der Waals surface area contributed by atoms with Gasteiger partial charge in [-0.05, 0) is 20.3 Å². The van der Waals surface area contributed by atoms with Crippen LogP contribution < -0.4 is 5.32 Å². The molecule has 4 nitrogen and oxygen atoms in total. The molecular weight excluding hydrogens is 216 g/mol. The van der Waals surface area contributed by atoms with Gasteiger partial charge in [-0.1, -0.05) is 13.0 Å². The fourth-order valence-electron chi connectivity index (χ4n) is 1.95. The molecule has 1 fully saturated rings. The van der Waals surface area contributed by atoms with Gasteiger partial charge in [-0.25, -0.2) is 0 Å². The molecule has 0 aromatic heterocycles. The quantitative estimate of drug-likeness (QED) is 0.734. The lowest BCUT2D eigenvalue weighted by Crippen LogP contribution is -2.46. The van der Waals surface area contributed by atoms with Gasteiger partial charge in [0.1, 0.15) is 0 Å². The van der Waals surface area contributed by atoms with E-state index in [0.717, 1.165) is 44.8 Å². The van der Waals surface area contributed by atoms with E-state index in [1.165, 1.54) is 0 Å². The topological polar surface area (TPSA) is 41.6 Å². The van der Waals surface area contributed by atoms with Crippen molar-refractivity contribution in [3.8, 4) is 0 Å². The van der Waals surface area contributed by atoms with Gasteiger partial charge in [-0.2, -0.15) is 0 Å². The van der Waals surface area contributed by atoms with E-state index < -0.39 is 0 Å². The summed E-state index contributed by atoms with van der Waals surface area (Å²) in [6.45, 7) is 10.4. The minimum Gasteiger partial charge on any atom is -0.379 e. The summed E-state index contributed by atoms with van der Waals surface area (Å²) in [6.07, 6.45) is 2.86. The van der Waals surface area contributed by atoms with Crippen molar-refractivity contribution in [2.45, 2.75) is 33.2 Å². The molecule has 1 rings (SSSR count). The minimum atomic E-state index is 0.0487. The molecule has 1 aliphatic heterocycles. The van der Waals surface area contributed by atoms with Crippen molar-refractivity contribution in [2.24, 2.45) is 0 Å². The summed E-state index contributed by atoms with van der Waals surface area (Å²) in [6, 6.07) is 0.181. The van der Waals surface area contributed by atoms with E-state index in [4.69, 9.17) is 4.74 Å². The van der Waals surface area contributed by atoms with Crippen LogP contribution in [-0.2, 0) is 9.53 Å². The first-order chi connectivity index (χ1) is 8.13. The third-order valence-electron chi connectivity index (χ3n) is 2.88. The van der Waals surface area contributed by atoms with E-state index in [1.54, 1.807) is 0 Å². The highest BCUT2D eigenvalue weighted by molar-refractivity contribution is 5.92. The Balaban J connectivity index is 2.30. The van der Waals surface area contributed by atoms with E-state index in [-0.39, 0.29) is 11.9 Å². The fraction of sp³-hybridized carbons (Fsp3) is 0.769. The second-order valence-corrected chi connectivity index (χ2v) is 4.58. The minimum absolute atomic E-state index is 0.0487. The zero-order valence-corrected chi connectivity index (χ0v) is 11.2. The van der Waals surface area contributed by atoms with Crippen LogP contribution in [0.3, 0.4) is 0 Å². The van der Waals surface area contributed by atoms with Gasteiger partial charge in [0.2, 0.25) is 5.91 Å². The Morgan fingerprint density at radius 1 is 1.47 bits per heavy atom. The fourth-order valence-corrected chi connectivity index (χ4v) is 1.95. The second kappa shape index (κ2) is 7.45. The lowest BCUT2D eigenvalue weighted by Gasteiger charge is -2.29. The summed E-state index contributed by atoms with van der Waals surface area (Å²) in [5.41, 5.74) is 0.807. The molecule has 1 N–H and O–H groups in total. The lowest BCUT2D eigenvalue weighted by molar-refractivity contribution is -0.118. The van der Waals surface area contributed by atoms with Gasteiger partial charge in [0.15, 0.2) is 0 Å². The first-order valence-electron chi connectivity index (χ1n) is 6.41.